The Kier molecular flexibility index (Phi) is 10.1. The lowest BCUT2D eigenvalue weighted by molar-refractivity contribution is -0.122. The summed E-state index contributed by atoms with van der Waals surface area (Å²) in [6.07, 6.45) is 2.11. The highest BCUT2D eigenvalue weighted by Gasteiger charge is 2.27. The van der Waals surface area contributed by atoms with E-state index >= 15 is 0 Å². The molecule has 0 aromatic heterocycles. The van der Waals surface area contributed by atoms with Crippen LogP contribution in [0, 0.1) is 11.6 Å². The van der Waals surface area contributed by atoms with Crippen molar-refractivity contribution in [3.63, 3.8) is 0 Å². The zero-order valence-electron chi connectivity index (χ0n) is 16.4. The summed E-state index contributed by atoms with van der Waals surface area (Å²) in [5, 5.41) is 2.70. The van der Waals surface area contributed by atoms with E-state index in [0.29, 0.717) is 29.4 Å². The maximum absolute atomic E-state index is 13.9. The lowest BCUT2D eigenvalue weighted by atomic mass is 10.2. The second-order valence-corrected chi connectivity index (χ2v) is 10.1. The van der Waals surface area contributed by atoms with E-state index < -0.39 is 32.7 Å². The lowest BCUT2D eigenvalue weighted by Gasteiger charge is -2.18. The molecule has 30 heavy (non-hydrogen) atoms. The number of carbonyl (C=O) groups is 1. The maximum atomic E-state index is 13.9. The van der Waals surface area contributed by atoms with Gasteiger partial charge in [-0.05, 0) is 42.2 Å². The highest BCUT2D eigenvalue weighted by atomic mass is 32.2. The molecule has 2 N–H and O–H groups in total. The van der Waals surface area contributed by atoms with Gasteiger partial charge in [0.1, 0.15) is 22.6 Å². The first-order valence-corrected chi connectivity index (χ1v) is 13.2. The van der Waals surface area contributed by atoms with Crippen molar-refractivity contribution in [3.05, 3.63) is 65.7 Å². The summed E-state index contributed by atoms with van der Waals surface area (Å²) < 4.78 is 54.8. The molecule has 0 spiro atoms. The molecule has 0 radical (unpaired) electrons. The van der Waals surface area contributed by atoms with Crippen LogP contribution in [0.3, 0.4) is 0 Å². The van der Waals surface area contributed by atoms with Crippen LogP contribution in [0.25, 0.3) is 0 Å². The van der Waals surface area contributed by atoms with Crippen LogP contribution in [0.5, 0.6) is 0 Å². The third-order valence-electron chi connectivity index (χ3n) is 4.11. The summed E-state index contributed by atoms with van der Waals surface area (Å²) in [7, 11) is -4.18. The summed E-state index contributed by atoms with van der Waals surface area (Å²) in [4.78, 5) is 12.0. The monoisotopic (exact) mass is 474 g/mol. The maximum Gasteiger partial charge on any atom is 0.244 e. The highest BCUT2D eigenvalue weighted by molar-refractivity contribution is 7.98. The fraction of sp³-hybridized carbons (Fsp3) is 0.350. The van der Waals surface area contributed by atoms with Gasteiger partial charge in [-0.25, -0.2) is 17.2 Å². The van der Waals surface area contributed by atoms with Gasteiger partial charge in [0.2, 0.25) is 15.9 Å². The molecule has 2 rings (SSSR count). The van der Waals surface area contributed by atoms with E-state index in [1.165, 1.54) is 41.7 Å². The van der Waals surface area contributed by atoms with Gasteiger partial charge in [0, 0.05) is 18.1 Å². The van der Waals surface area contributed by atoms with E-state index in [2.05, 4.69) is 10.0 Å². The number of hydrogen-bond acceptors (Lipinski definition) is 5. The van der Waals surface area contributed by atoms with Crippen LogP contribution in [-0.2, 0) is 20.6 Å². The number of benzene rings is 2. The first kappa shape index (κ1) is 24.6. The Morgan fingerprint density at radius 1 is 1.03 bits per heavy atom. The molecule has 2 aromatic rings. The number of amides is 1. The van der Waals surface area contributed by atoms with Crippen molar-refractivity contribution in [1.82, 2.24) is 10.0 Å². The van der Waals surface area contributed by atoms with E-state index in [9.17, 15) is 22.0 Å². The Morgan fingerprint density at radius 2 is 1.70 bits per heavy atom. The highest BCUT2D eigenvalue weighted by Crippen LogP contribution is 2.16. The second-order valence-electron chi connectivity index (χ2n) is 6.32. The number of halogens is 2. The summed E-state index contributed by atoms with van der Waals surface area (Å²) in [5.41, 5.74) is 0.587. The largest absolute Gasteiger partial charge is 0.354 e. The molecular weight excluding hydrogens is 450 g/mol. The molecule has 0 aliphatic rings. The Morgan fingerprint density at radius 3 is 2.37 bits per heavy atom. The Hall–Kier alpha value is -1.62. The summed E-state index contributed by atoms with van der Waals surface area (Å²) in [5.74, 6) is -0.0593. The van der Waals surface area contributed by atoms with Crippen molar-refractivity contribution in [2.75, 3.05) is 24.3 Å². The van der Waals surface area contributed by atoms with Gasteiger partial charge in [-0.1, -0.05) is 30.3 Å². The van der Waals surface area contributed by atoms with Crippen LogP contribution >= 0.6 is 23.5 Å². The normalized spacial score (nSPS) is 12.5. The van der Waals surface area contributed by atoms with Crippen molar-refractivity contribution in [1.29, 1.82) is 0 Å². The summed E-state index contributed by atoms with van der Waals surface area (Å²) in [6.45, 7) is 0.301. The smallest absolute Gasteiger partial charge is 0.244 e. The number of nitrogens with one attached hydrogen (secondary N) is 2. The first-order chi connectivity index (χ1) is 14.3. The van der Waals surface area contributed by atoms with Gasteiger partial charge in [-0.2, -0.15) is 28.2 Å². The molecule has 0 aliphatic carbocycles. The minimum absolute atomic E-state index is 0.267. The molecular formula is C20H24F2N2O3S3. The molecule has 10 heteroatoms. The third kappa shape index (κ3) is 7.57. The zero-order chi connectivity index (χ0) is 22.0. The molecule has 0 bridgehead atoms. The molecule has 0 saturated heterocycles. The number of hydrogen-bond donors (Lipinski definition) is 2. The predicted octanol–water partition coefficient (Wildman–Crippen LogP) is 3.41. The van der Waals surface area contributed by atoms with E-state index in [1.807, 2.05) is 6.26 Å². The van der Waals surface area contributed by atoms with Gasteiger partial charge >= 0.3 is 0 Å². The average Bonchev–Trinajstić information content (AvgIpc) is 2.72. The molecule has 1 amide bonds. The fourth-order valence-corrected chi connectivity index (χ4v) is 5.18. The van der Waals surface area contributed by atoms with E-state index in [1.54, 1.807) is 18.2 Å². The minimum Gasteiger partial charge on any atom is -0.354 e. The van der Waals surface area contributed by atoms with Crippen molar-refractivity contribution in [3.8, 4) is 0 Å². The van der Waals surface area contributed by atoms with E-state index in [-0.39, 0.29) is 12.2 Å². The summed E-state index contributed by atoms with van der Waals surface area (Å²) >= 11 is 2.93. The quantitative estimate of drug-likeness (QED) is 0.461. The average molecular weight is 475 g/mol. The number of thioether (sulfide) groups is 2. The van der Waals surface area contributed by atoms with Crippen LogP contribution < -0.4 is 10.0 Å². The molecule has 0 aliphatic heterocycles. The zero-order valence-corrected chi connectivity index (χ0v) is 18.9. The third-order valence-corrected chi connectivity index (χ3v) is 7.27. The van der Waals surface area contributed by atoms with Crippen molar-refractivity contribution < 1.29 is 22.0 Å². The van der Waals surface area contributed by atoms with Crippen molar-refractivity contribution in [2.45, 2.75) is 23.1 Å². The second kappa shape index (κ2) is 12.3. The Balaban J connectivity index is 1.90. The molecule has 2 aromatic carbocycles. The molecule has 1 atom stereocenters. The predicted molar refractivity (Wildman–Crippen MR) is 119 cm³/mol. The SMILES string of the molecule is CSCCC(NS(=O)(=O)c1ccccc1F)C(=O)NCCSCc1ccccc1F. The molecule has 164 valence electrons. The van der Waals surface area contributed by atoms with Gasteiger partial charge in [0.15, 0.2) is 0 Å². The van der Waals surface area contributed by atoms with Gasteiger partial charge in [-0.3, -0.25) is 4.79 Å². The van der Waals surface area contributed by atoms with Crippen molar-refractivity contribution >= 4 is 39.5 Å². The molecule has 0 saturated carbocycles. The summed E-state index contributed by atoms with van der Waals surface area (Å²) in [6, 6.07) is 10.5. The number of rotatable bonds is 12. The fourth-order valence-electron chi connectivity index (χ4n) is 2.56. The van der Waals surface area contributed by atoms with E-state index in [4.69, 9.17) is 0 Å². The number of sulfonamides is 1. The number of carbonyl (C=O) groups excluding carboxylic acids is 1. The van der Waals surface area contributed by atoms with Crippen molar-refractivity contribution in [2.24, 2.45) is 0 Å². The van der Waals surface area contributed by atoms with Gasteiger partial charge in [-0.15, -0.1) is 0 Å². The van der Waals surface area contributed by atoms with Crippen LogP contribution in [0.4, 0.5) is 8.78 Å². The molecule has 5 nitrogen and oxygen atoms in total. The molecule has 1 unspecified atom stereocenters. The van der Waals surface area contributed by atoms with Gasteiger partial charge < -0.3 is 5.32 Å². The topological polar surface area (TPSA) is 75.3 Å². The van der Waals surface area contributed by atoms with Crippen LogP contribution in [-0.4, -0.2) is 44.7 Å². The Labute approximate surface area is 184 Å². The molecule has 0 fully saturated rings. The Bertz CT molecular complexity index is 942. The molecule has 0 heterocycles. The van der Waals surface area contributed by atoms with Crippen LogP contribution in [0.1, 0.15) is 12.0 Å². The van der Waals surface area contributed by atoms with Gasteiger partial charge in [0.25, 0.3) is 0 Å². The van der Waals surface area contributed by atoms with Crippen LogP contribution in [0.15, 0.2) is 53.4 Å². The van der Waals surface area contributed by atoms with Gasteiger partial charge in [0.05, 0.1) is 0 Å². The minimum atomic E-state index is -4.18. The lowest BCUT2D eigenvalue weighted by Crippen LogP contribution is -2.47. The first-order valence-electron chi connectivity index (χ1n) is 9.20. The van der Waals surface area contributed by atoms with E-state index in [0.717, 1.165) is 12.1 Å². The van der Waals surface area contributed by atoms with Crippen LogP contribution in [0.2, 0.25) is 0 Å². The standard InChI is InChI=1S/C20H24F2N2O3S3/c1-28-12-10-18(24-30(26,27)19-9-5-4-8-17(19)22)20(25)23-11-13-29-14-15-6-2-3-7-16(15)21/h2-9,18,24H,10-14H2,1H3,(H,23,25).